The second-order valence-corrected chi connectivity index (χ2v) is 5.48. The molecule has 126 valence electrons. The normalized spacial score (nSPS) is 17.4. The van der Waals surface area contributed by atoms with Gasteiger partial charge in [-0.3, -0.25) is 9.59 Å². The van der Waals surface area contributed by atoms with Crippen LogP contribution in [0.3, 0.4) is 0 Å². The van der Waals surface area contributed by atoms with E-state index < -0.39 is 11.3 Å². The lowest BCUT2D eigenvalue weighted by molar-refractivity contribution is 0.0901. The summed E-state index contributed by atoms with van der Waals surface area (Å²) in [6.07, 6.45) is 6.28. The molecule has 0 saturated carbocycles. The van der Waals surface area contributed by atoms with E-state index in [1.165, 1.54) is 7.11 Å². The maximum absolute atomic E-state index is 12.3. The molecule has 2 aromatic heterocycles. The standard InChI is InChI=1S/C16H18N4O4/c1-23-14-10-24-13(8-12(14)21)15(22)19-11-4-2-7-20(9-11)16-17-5-3-6-18-16/h3,5-6,8,10-11H,2,4,7,9H2,1H3,(H,19,22). The number of anilines is 1. The van der Waals surface area contributed by atoms with E-state index in [9.17, 15) is 9.59 Å². The highest BCUT2D eigenvalue weighted by atomic mass is 16.5. The Hall–Kier alpha value is -2.90. The van der Waals surface area contributed by atoms with Gasteiger partial charge in [0.2, 0.25) is 17.1 Å². The number of methoxy groups -OCH3 is 1. The van der Waals surface area contributed by atoms with Crippen LogP contribution in [-0.4, -0.2) is 42.1 Å². The summed E-state index contributed by atoms with van der Waals surface area (Å²) in [5, 5.41) is 2.89. The van der Waals surface area contributed by atoms with E-state index in [-0.39, 0.29) is 17.6 Å². The lowest BCUT2D eigenvalue weighted by Gasteiger charge is -2.32. The highest BCUT2D eigenvalue weighted by Crippen LogP contribution is 2.15. The fraction of sp³-hybridized carbons (Fsp3) is 0.375. The van der Waals surface area contributed by atoms with Crippen LogP contribution in [0.4, 0.5) is 5.95 Å². The van der Waals surface area contributed by atoms with Gasteiger partial charge in [-0.15, -0.1) is 0 Å². The number of rotatable bonds is 4. The Bertz CT molecular complexity index is 762. The maximum atomic E-state index is 12.3. The first kappa shape index (κ1) is 16.0. The number of amides is 1. The molecule has 1 aliphatic heterocycles. The average Bonchev–Trinajstić information content (AvgIpc) is 2.62. The van der Waals surface area contributed by atoms with Gasteiger partial charge >= 0.3 is 0 Å². The molecule has 0 aromatic carbocycles. The number of ether oxygens (including phenoxy) is 1. The zero-order valence-corrected chi connectivity index (χ0v) is 13.3. The third-order valence-electron chi connectivity index (χ3n) is 3.83. The van der Waals surface area contributed by atoms with Crippen molar-refractivity contribution in [2.75, 3.05) is 25.1 Å². The predicted octanol–water partition coefficient (Wildman–Crippen LogP) is 0.837. The van der Waals surface area contributed by atoms with Gasteiger partial charge in [-0.1, -0.05) is 0 Å². The highest BCUT2D eigenvalue weighted by molar-refractivity contribution is 5.91. The molecule has 1 fully saturated rings. The molecule has 1 aliphatic rings. The van der Waals surface area contributed by atoms with Gasteiger partial charge in [0.1, 0.15) is 6.26 Å². The summed E-state index contributed by atoms with van der Waals surface area (Å²) >= 11 is 0. The smallest absolute Gasteiger partial charge is 0.287 e. The largest absolute Gasteiger partial charge is 0.490 e. The van der Waals surface area contributed by atoms with E-state index in [0.29, 0.717) is 12.5 Å². The van der Waals surface area contributed by atoms with Crippen LogP contribution in [0, 0.1) is 0 Å². The molecule has 8 nitrogen and oxygen atoms in total. The Balaban J connectivity index is 1.66. The van der Waals surface area contributed by atoms with E-state index in [4.69, 9.17) is 9.15 Å². The Labute approximate surface area is 138 Å². The van der Waals surface area contributed by atoms with Crippen LogP contribution >= 0.6 is 0 Å². The summed E-state index contributed by atoms with van der Waals surface area (Å²) in [7, 11) is 1.37. The quantitative estimate of drug-likeness (QED) is 0.887. The van der Waals surface area contributed by atoms with Crippen LogP contribution in [0.15, 0.2) is 40.0 Å². The molecule has 1 atom stereocenters. The second kappa shape index (κ2) is 7.12. The predicted molar refractivity (Wildman–Crippen MR) is 86.3 cm³/mol. The van der Waals surface area contributed by atoms with Crippen molar-refractivity contribution in [3.63, 3.8) is 0 Å². The van der Waals surface area contributed by atoms with Crippen molar-refractivity contribution in [3.05, 3.63) is 46.8 Å². The summed E-state index contributed by atoms with van der Waals surface area (Å²) in [4.78, 5) is 34.5. The van der Waals surface area contributed by atoms with Gasteiger partial charge < -0.3 is 19.4 Å². The molecule has 0 aliphatic carbocycles. The molecule has 2 aromatic rings. The van der Waals surface area contributed by atoms with Crippen LogP contribution in [-0.2, 0) is 0 Å². The summed E-state index contributed by atoms with van der Waals surface area (Å²) in [6, 6.07) is 2.83. The van der Waals surface area contributed by atoms with Gasteiger partial charge in [0, 0.05) is 37.6 Å². The van der Waals surface area contributed by atoms with E-state index >= 15 is 0 Å². The molecule has 1 saturated heterocycles. The number of carbonyl (C=O) groups is 1. The lowest BCUT2D eigenvalue weighted by atomic mass is 10.1. The van der Waals surface area contributed by atoms with Crippen molar-refractivity contribution < 1.29 is 13.9 Å². The minimum Gasteiger partial charge on any atom is -0.490 e. The minimum absolute atomic E-state index is 0.0334. The van der Waals surface area contributed by atoms with Crippen molar-refractivity contribution in [2.24, 2.45) is 0 Å². The zero-order valence-electron chi connectivity index (χ0n) is 13.3. The van der Waals surface area contributed by atoms with Crippen LogP contribution in [0.2, 0.25) is 0 Å². The van der Waals surface area contributed by atoms with Gasteiger partial charge in [0.25, 0.3) is 5.91 Å². The number of piperidine rings is 1. The molecule has 1 unspecified atom stereocenters. The molecule has 0 spiro atoms. The molecule has 1 amide bonds. The first-order valence-corrected chi connectivity index (χ1v) is 7.67. The zero-order chi connectivity index (χ0) is 16.9. The molecular formula is C16H18N4O4. The molecule has 0 bridgehead atoms. The number of carbonyl (C=O) groups excluding carboxylic acids is 1. The number of nitrogens with zero attached hydrogens (tertiary/aromatic N) is 3. The van der Waals surface area contributed by atoms with Crippen molar-refractivity contribution in [3.8, 4) is 5.75 Å². The van der Waals surface area contributed by atoms with Gasteiger partial charge in [-0.2, -0.15) is 0 Å². The van der Waals surface area contributed by atoms with Gasteiger partial charge in [0.15, 0.2) is 5.76 Å². The van der Waals surface area contributed by atoms with E-state index in [2.05, 4.69) is 15.3 Å². The van der Waals surface area contributed by atoms with Crippen LogP contribution < -0.4 is 20.4 Å². The third kappa shape index (κ3) is 3.53. The average molecular weight is 330 g/mol. The Morgan fingerprint density at radius 3 is 2.92 bits per heavy atom. The van der Waals surface area contributed by atoms with Crippen LogP contribution in [0.5, 0.6) is 5.75 Å². The topological polar surface area (TPSA) is 97.6 Å². The summed E-state index contributed by atoms with van der Waals surface area (Å²) < 4.78 is 10.0. The van der Waals surface area contributed by atoms with Gasteiger partial charge in [-0.05, 0) is 18.9 Å². The monoisotopic (exact) mass is 330 g/mol. The van der Waals surface area contributed by atoms with E-state index in [1.807, 2.05) is 4.90 Å². The van der Waals surface area contributed by atoms with Crippen LogP contribution in [0.25, 0.3) is 0 Å². The first-order valence-electron chi connectivity index (χ1n) is 7.67. The van der Waals surface area contributed by atoms with Gasteiger partial charge in [0.05, 0.1) is 7.11 Å². The fourth-order valence-electron chi connectivity index (χ4n) is 2.65. The van der Waals surface area contributed by atoms with Crippen molar-refractivity contribution in [2.45, 2.75) is 18.9 Å². The van der Waals surface area contributed by atoms with Gasteiger partial charge in [-0.25, -0.2) is 9.97 Å². The molecular weight excluding hydrogens is 312 g/mol. The molecule has 1 N–H and O–H groups in total. The third-order valence-corrected chi connectivity index (χ3v) is 3.83. The van der Waals surface area contributed by atoms with E-state index in [0.717, 1.165) is 31.7 Å². The van der Waals surface area contributed by atoms with Crippen LogP contribution in [0.1, 0.15) is 23.4 Å². The van der Waals surface area contributed by atoms with Crippen molar-refractivity contribution >= 4 is 11.9 Å². The second-order valence-electron chi connectivity index (χ2n) is 5.48. The lowest BCUT2D eigenvalue weighted by Crippen LogP contribution is -2.48. The summed E-state index contributed by atoms with van der Waals surface area (Å²) in [5.74, 6) is 0.258. The first-order chi connectivity index (χ1) is 11.7. The number of hydrogen-bond donors (Lipinski definition) is 1. The Morgan fingerprint density at radius 1 is 1.42 bits per heavy atom. The summed E-state index contributed by atoms with van der Waals surface area (Å²) in [5.41, 5.74) is -0.392. The number of aromatic nitrogens is 2. The molecule has 24 heavy (non-hydrogen) atoms. The molecule has 3 heterocycles. The molecule has 8 heteroatoms. The van der Waals surface area contributed by atoms with Crippen molar-refractivity contribution in [1.82, 2.24) is 15.3 Å². The SMILES string of the molecule is COc1coc(C(=O)NC2CCCN(c3ncccn3)C2)cc1=O. The Kier molecular flexibility index (Phi) is 4.74. The number of hydrogen-bond acceptors (Lipinski definition) is 7. The maximum Gasteiger partial charge on any atom is 0.287 e. The molecule has 3 rings (SSSR count). The minimum atomic E-state index is -0.421. The molecule has 0 radical (unpaired) electrons. The Morgan fingerprint density at radius 2 is 2.21 bits per heavy atom. The summed E-state index contributed by atoms with van der Waals surface area (Å²) in [6.45, 7) is 1.45. The highest BCUT2D eigenvalue weighted by Gasteiger charge is 2.24. The van der Waals surface area contributed by atoms with E-state index in [1.54, 1.807) is 18.5 Å². The number of nitrogens with one attached hydrogen (secondary N) is 1. The fourth-order valence-corrected chi connectivity index (χ4v) is 2.65. The van der Waals surface area contributed by atoms with Crippen molar-refractivity contribution in [1.29, 1.82) is 0 Å².